The number of thiophene rings is 1. The van der Waals surface area contributed by atoms with Gasteiger partial charge in [-0.15, -0.1) is 11.3 Å². The van der Waals surface area contributed by atoms with Crippen LogP contribution < -0.4 is 5.73 Å². The zero-order valence-electron chi connectivity index (χ0n) is 12.1. The Kier molecular flexibility index (Phi) is 4.63. The normalized spacial score (nSPS) is 24.4. The third-order valence-corrected chi connectivity index (χ3v) is 5.55. The zero-order valence-corrected chi connectivity index (χ0v) is 12.9. The van der Waals surface area contributed by atoms with Gasteiger partial charge in [-0.25, -0.2) is 0 Å². The Morgan fingerprint density at radius 2 is 2.26 bits per heavy atom. The van der Waals surface area contributed by atoms with Gasteiger partial charge in [0.1, 0.15) is 0 Å². The van der Waals surface area contributed by atoms with Crippen LogP contribution in [0.15, 0.2) is 12.1 Å². The van der Waals surface area contributed by atoms with E-state index < -0.39 is 0 Å². The molecule has 3 atom stereocenters. The highest BCUT2D eigenvalue weighted by Crippen LogP contribution is 2.35. The summed E-state index contributed by atoms with van der Waals surface area (Å²) in [6.07, 6.45) is 3.24. The Hall–Kier alpha value is -0.870. The summed E-state index contributed by atoms with van der Waals surface area (Å²) in [5.41, 5.74) is 5.78. The van der Waals surface area contributed by atoms with E-state index in [0.717, 1.165) is 19.3 Å². The number of hydrogen-bond acceptors (Lipinski definition) is 3. The number of nitrogens with two attached hydrogens (primary N) is 1. The Bertz CT molecular complexity index is 443. The summed E-state index contributed by atoms with van der Waals surface area (Å²) in [6.45, 7) is 4.84. The Morgan fingerprint density at radius 1 is 1.53 bits per heavy atom. The summed E-state index contributed by atoms with van der Waals surface area (Å²) in [6, 6.07) is 4.40. The fourth-order valence-electron chi connectivity index (χ4n) is 2.97. The summed E-state index contributed by atoms with van der Waals surface area (Å²) >= 11 is 1.77. The monoisotopic (exact) mass is 280 g/mol. The van der Waals surface area contributed by atoms with Crippen LogP contribution in [0.4, 0.5) is 0 Å². The first-order valence-electron chi connectivity index (χ1n) is 7.07. The molecule has 2 rings (SSSR count). The summed E-state index contributed by atoms with van der Waals surface area (Å²) in [5, 5.41) is 0. The summed E-state index contributed by atoms with van der Waals surface area (Å²) in [7, 11) is 1.92. The fraction of sp³-hybridized carbons (Fsp3) is 0.667. The molecule has 1 aromatic heterocycles. The molecule has 1 amide bonds. The van der Waals surface area contributed by atoms with Gasteiger partial charge in [0.15, 0.2) is 0 Å². The summed E-state index contributed by atoms with van der Waals surface area (Å²) < 4.78 is 0. The lowest BCUT2D eigenvalue weighted by Crippen LogP contribution is -2.37. The van der Waals surface area contributed by atoms with Gasteiger partial charge in [-0.3, -0.25) is 4.79 Å². The number of nitrogens with zero attached hydrogens (tertiary/aromatic N) is 1. The largest absolute Gasteiger partial charge is 0.338 e. The molecule has 0 radical (unpaired) electrons. The van der Waals surface area contributed by atoms with E-state index in [1.807, 2.05) is 11.9 Å². The number of carbonyl (C=O) groups is 1. The van der Waals surface area contributed by atoms with Crippen molar-refractivity contribution in [2.45, 2.75) is 39.2 Å². The van der Waals surface area contributed by atoms with E-state index in [9.17, 15) is 4.79 Å². The second kappa shape index (κ2) is 6.06. The van der Waals surface area contributed by atoms with Gasteiger partial charge < -0.3 is 10.6 Å². The first kappa shape index (κ1) is 14.5. The van der Waals surface area contributed by atoms with Crippen molar-refractivity contribution in [3.63, 3.8) is 0 Å². The van der Waals surface area contributed by atoms with Crippen LogP contribution >= 0.6 is 11.3 Å². The van der Waals surface area contributed by atoms with Gasteiger partial charge in [-0.2, -0.15) is 0 Å². The molecule has 0 spiro atoms. The third-order valence-electron chi connectivity index (χ3n) is 4.38. The molecule has 0 saturated heterocycles. The van der Waals surface area contributed by atoms with E-state index >= 15 is 0 Å². The molecule has 106 valence electrons. The van der Waals surface area contributed by atoms with Gasteiger partial charge >= 0.3 is 0 Å². The maximum atomic E-state index is 12.6. The molecule has 2 N–H and O–H groups in total. The van der Waals surface area contributed by atoms with E-state index in [1.165, 1.54) is 9.75 Å². The van der Waals surface area contributed by atoms with Crippen molar-refractivity contribution in [2.24, 2.45) is 17.6 Å². The van der Waals surface area contributed by atoms with Crippen LogP contribution in [-0.2, 0) is 4.79 Å². The van der Waals surface area contributed by atoms with Crippen molar-refractivity contribution in [1.29, 1.82) is 0 Å². The van der Waals surface area contributed by atoms with Gasteiger partial charge in [-0.05, 0) is 51.3 Å². The van der Waals surface area contributed by atoms with E-state index in [2.05, 4.69) is 26.0 Å². The molecule has 1 aromatic rings. The fourth-order valence-corrected chi connectivity index (χ4v) is 3.94. The molecular weight excluding hydrogens is 256 g/mol. The molecule has 1 fully saturated rings. The number of hydrogen-bond donors (Lipinski definition) is 1. The molecule has 3 unspecified atom stereocenters. The highest BCUT2D eigenvalue weighted by atomic mass is 32.1. The molecular formula is C15H24N2OS. The predicted molar refractivity (Wildman–Crippen MR) is 80.1 cm³/mol. The lowest BCUT2D eigenvalue weighted by Gasteiger charge is -2.29. The molecule has 19 heavy (non-hydrogen) atoms. The molecule has 1 aliphatic rings. The van der Waals surface area contributed by atoms with E-state index in [0.29, 0.717) is 12.5 Å². The standard InChI is InChI=1S/C15H24N2OS/c1-10-7-8-14(19-10)11(2)17(3)15(18)13-6-4-5-12(13)9-16/h7-8,11-13H,4-6,9,16H2,1-3H3. The van der Waals surface area contributed by atoms with Gasteiger partial charge in [-0.1, -0.05) is 6.42 Å². The van der Waals surface area contributed by atoms with Crippen molar-refractivity contribution in [3.05, 3.63) is 21.9 Å². The third kappa shape index (κ3) is 3.00. The molecule has 1 aliphatic carbocycles. The summed E-state index contributed by atoms with van der Waals surface area (Å²) in [5.74, 6) is 0.789. The Morgan fingerprint density at radius 3 is 2.84 bits per heavy atom. The lowest BCUT2D eigenvalue weighted by molar-refractivity contribution is -0.137. The van der Waals surface area contributed by atoms with Gasteiger partial charge in [0, 0.05) is 22.7 Å². The van der Waals surface area contributed by atoms with Crippen LogP contribution in [0.1, 0.15) is 42.0 Å². The average Bonchev–Trinajstić information content (AvgIpc) is 3.04. The van der Waals surface area contributed by atoms with E-state index in [-0.39, 0.29) is 17.9 Å². The minimum absolute atomic E-state index is 0.138. The molecule has 0 bridgehead atoms. The number of rotatable bonds is 4. The molecule has 0 aliphatic heterocycles. The van der Waals surface area contributed by atoms with Crippen LogP contribution in [0.5, 0.6) is 0 Å². The maximum absolute atomic E-state index is 12.6. The minimum atomic E-state index is 0.138. The van der Waals surface area contributed by atoms with Crippen LogP contribution in [0.25, 0.3) is 0 Å². The predicted octanol–water partition coefficient (Wildman–Crippen LogP) is 2.95. The van der Waals surface area contributed by atoms with Crippen molar-refractivity contribution in [2.75, 3.05) is 13.6 Å². The minimum Gasteiger partial charge on any atom is -0.338 e. The van der Waals surface area contributed by atoms with Crippen molar-refractivity contribution in [3.8, 4) is 0 Å². The Balaban J connectivity index is 2.06. The molecule has 1 saturated carbocycles. The molecule has 1 heterocycles. The summed E-state index contributed by atoms with van der Waals surface area (Å²) in [4.78, 5) is 17.1. The Labute approximate surface area is 119 Å². The van der Waals surface area contributed by atoms with Gasteiger partial charge in [0.25, 0.3) is 0 Å². The number of amides is 1. The molecule has 0 aromatic carbocycles. The van der Waals surface area contributed by atoms with Crippen LogP contribution in [-0.4, -0.2) is 24.4 Å². The van der Waals surface area contributed by atoms with Crippen molar-refractivity contribution >= 4 is 17.2 Å². The SMILES string of the molecule is Cc1ccc(C(C)N(C)C(=O)C2CCCC2CN)s1. The second-order valence-electron chi connectivity index (χ2n) is 5.61. The lowest BCUT2D eigenvalue weighted by atomic mass is 9.94. The molecule has 3 nitrogen and oxygen atoms in total. The quantitative estimate of drug-likeness (QED) is 0.921. The highest BCUT2D eigenvalue weighted by Gasteiger charge is 2.35. The van der Waals surface area contributed by atoms with Crippen LogP contribution in [0.3, 0.4) is 0 Å². The van der Waals surface area contributed by atoms with E-state index in [1.54, 1.807) is 11.3 Å². The van der Waals surface area contributed by atoms with Gasteiger partial charge in [0.2, 0.25) is 5.91 Å². The second-order valence-corrected chi connectivity index (χ2v) is 6.93. The van der Waals surface area contributed by atoms with Crippen LogP contribution in [0.2, 0.25) is 0 Å². The number of aryl methyl sites for hydroxylation is 1. The van der Waals surface area contributed by atoms with Gasteiger partial charge in [0.05, 0.1) is 6.04 Å². The zero-order chi connectivity index (χ0) is 14.0. The topological polar surface area (TPSA) is 46.3 Å². The highest BCUT2D eigenvalue weighted by molar-refractivity contribution is 7.12. The van der Waals surface area contributed by atoms with E-state index in [4.69, 9.17) is 5.73 Å². The first-order chi connectivity index (χ1) is 9.04. The maximum Gasteiger partial charge on any atom is 0.226 e. The van der Waals surface area contributed by atoms with Crippen molar-refractivity contribution < 1.29 is 4.79 Å². The van der Waals surface area contributed by atoms with Crippen LogP contribution in [0, 0.1) is 18.8 Å². The smallest absolute Gasteiger partial charge is 0.226 e. The average molecular weight is 280 g/mol. The first-order valence-corrected chi connectivity index (χ1v) is 7.89. The van der Waals surface area contributed by atoms with Crippen molar-refractivity contribution in [1.82, 2.24) is 4.90 Å². The number of carbonyl (C=O) groups excluding carboxylic acids is 1. The molecule has 4 heteroatoms.